The normalized spacial score (nSPS) is 13.2. The van der Waals surface area contributed by atoms with Gasteiger partial charge in [-0.3, -0.25) is 0 Å². The van der Waals surface area contributed by atoms with Gasteiger partial charge in [0.15, 0.2) is 0 Å². The zero-order valence-corrected chi connectivity index (χ0v) is 12.7. The van der Waals surface area contributed by atoms with Gasteiger partial charge in [0.1, 0.15) is 11.6 Å². The van der Waals surface area contributed by atoms with Gasteiger partial charge in [-0.25, -0.2) is 9.37 Å². The molecular weight excluding hydrogens is 319 g/mol. The Labute approximate surface area is 119 Å². The van der Waals surface area contributed by atoms with Crippen LogP contribution in [-0.2, 0) is 6.54 Å². The van der Waals surface area contributed by atoms with Crippen LogP contribution < -0.4 is 0 Å². The number of rotatable bonds is 4. The number of fused-ring (bicyclic) bond motifs is 1. The molecule has 0 bridgehead atoms. The van der Waals surface area contributed by atoms with E-state index in [9.17, 15) is 4.39 Å². The molecule has 2 nitrogen and oxygen atoms in total. The number of aryl methyl sites for hydroxylation is 1. The van der Waals surface area contributed by atoms with E-state index in [1.54, 1.807) is 6.07 Å². The number of hydrogen-bond acceptors (Lipinski definition) is 1. The Morgan fingerprint density at radius 1 is 1.50 bits per heavy atom. The molecule has 0 N–H and O–H groups in total. The van der Waals surface area contributed by atoms with Crippen LogP contribution in [0, 0.1) is 5.82 Å². The highest BCUT2D eigenvalue weighted by Gasteiger charge is 2.16. The van der Waals surface area contributed by atoms with E-state index in [-0.39, 0.29) is 11.2 Å². The van der Waals surface area contributed by atoms with Crippen molar-refractivity contribution in [1.82, 2.24) is 9.55 Å². The number of halogens is 3. The number of alkyl halides is 1. The van der Waals surface area contributed by atoms with Gasteiger partial charge in [0.25, 0.3) is 0 Å². The van der Waals surface area contributed by atoms with E-state index in [4.69, 9.17) is 11.6 Å². The van der Waals surface area contributed by atoms with Crippen molar-refractivity contribution in [3.05, 3.63) is 28.2 Å². The summed E-state index contributed by atoms with van der Waals surface area (Å²) in [7, 11) is 0. The molecule has 0 aliphatic carbocycles. The SMILES string of the molecule is CCCCn1c(C(C)Cl)nc2cc(F)c(Br)cc21. The lowest BCUT2D eigenvalue weighted by Crippen LogP contribution is -2.04. The molecule has 1 aromatic heterocycles. The minimum absolute atomic E-state index is 0.184. The molecule has 18 heavy (non-hydrogen) atoms. The van der Waals surface area contributed by atoms with Gasteiger partial charge in [0.2, 0.25) is 0 Å². The lowest BCUT2D eigenvalue weighted by Gasteiger charge is -2.09. The molecule has 98 valence electrons. The number of imidazole rings is 1. The Hall–Kier alpha value is -0.610. The lowest BCUT2D eigenvalue weighted by molar-refractivity contribution is 0.614. The molecule has 2 rings (SSSR count). The van der Waals surface area contributed by atoms with Gasteiger partial charge < -0.3 is 4.57 Å². The van der Waals surface area contributed by atoms with Crippen LogP contribution in [0.4, 0.5) is 4.39 Å². The molecule has 0 saturated heterocycles. The van der Waals surface area contributed by atoms with Crippen LogP contribution in [0.2, 0.25) is 0 Å². The summed E-state index contributed by atoms with van der Waals surface area (Å²) in [6, 6.07) is 3.22. The van der Waals surface area contributed by atoms with Crippen molar-refractivity contribution in [2.45, 2.75) is 38.6 Å². The van der Waals surface area contributed by atoms with Gasteiger partial charge in [0, 0.05) is 12.6 Å². The standard InChI is InChI=1S/C13H15BrClFN2/c1-3-4-5-18-12-6-9(14)10(16)7-11(12)17-13(18)8(2)15/h6-8H,3-5H2,1-2H3. The van der Waals surface area contributed by atoms with E-state index in [2.05, 4.69) is 32.4 Å². The van der Waals surface area contributed by atoms with Gasteiger partial charge in [-0.05, 0) is 35.3 Å². The van der Waals surface area contributed by atoms with Crippen molar-refractivity contribution in [3.8, 4) is 0 Å². The Morgan fingerprint density at radius 3 is 2.83 bits per heavy atom. The van der Waals surface area contributed by atoms with Gasteiger partial charge in [0.05, 0.1) is 20.9 Å². The molecular formula is C13H15BrClFN2. The predicted octanol–water partition coefficient (Wildman–Crippen LogP) is 5.04. The van der Waals surface area contributed by atoms with Crippen molar-refractivity contribution in [1.29, 1.82) is 0 Å². The summed E-state index contributed by atoms with van der Waals surface area (Å²) in [5.41, 5.74) is 1.59. The largest absolute Gasteiger partial charge is 0.327 e. The van der Waals surface area contributed by atoms with Crippen LogP contribution in [0.3, 0.4) is 0 Å². The number of aromatic nitrogens is 2. The molecule has 2 aromatic rings. The Balaban J connectivity index is 2.61. The summed E-state index contributed by atoms with van der Waals surface area (Å²) in [5, 5.41) is -0.184. The van der Waals surface area contributed by atoms with E-state index < -0.39 is 0 Å². The first-order chi connectivity index (χ1) is 8.54. The number of nitrogens with zero attached hydrogens (tertiary/aromatic N) is 2. The molecule has 1 heterocycles. The summed E-state index contributed by atoms with van der Waals surface area (Å²) in [6.07, 6.45) is 2.15. The highest BCUT2D eigenvalue weighted by atomic mass is 79.9. The highest BCUT2D eigenvalue weighted by molar-refractivity contribution is 9.10. The van der Waals surface area contributed by atoms with Gasteiger partial charge >= 0.3 is 0 Å². The number of hydrogen-bond donors (Lipinski definition) is 0. The van der Waals surface area contributed by atoms with E-state index in [1.165, 1.54) is 6.07 Å². The van der Waals surface area contributed by atoms with Crippen molar-refractivity contribution < 1.29 is 4.39 Å². The van der Waals surface area contributed by atoms with Crippen LogP contribution in [0.5, 0.6) is 0 Å². The molecule has 0 amide bonds. The van der Waals surface area contributed by atoms with Crippen molar-refractivity contribution in [2.24, 2.45) is 0 Å². The fourth-order valence-electron chi connectivity index (χ4n) is 1.99. The molecule has 1 aromatic carbocycles. The monoisotopic (exact) mass is 332 g/mol. The molecule has 0 fully saturated rings. The molecule has 5 heteroatoms. The summed E-state index contributed by atoms with van der Waals surface area (Å²) < 4.78 is 16.1. The van der Waals surface area contributed by atoms with Crippen LogP contribution >= 0.6 is 27.5 Å². The lowest BCUT2D eigenvalue weighted by atomic mass is 10.3. The first-order valence-electron chi connectivity index (χ1n) is 6.03. The Kier molecular flexibility index (Phi) is 4.28. The average Bonchev–Trinajstić information content (AvgIpc) is 2.65. The van der Waals surface area contributed by atoms with Gasteiger partial charge in [-0.15, -0.1) is 11.6 Å². The maximum absolute atomic E-state index is 13.5. The van der Waals surface area contributed by atoms with Crippen molar-refractivity contribution in [2.75, 3.05) is 0 Å². The Bertz CT molecular complexity index is 566. The fraction of sp³-hybridized carbons (Fsp3) is 0.462. The van der Waals surface area contributed by atoms with Crippen LogP contribution in [0.15, 0.2) is 16.6 Å². The average molecular weight is 334 g/mol. The van der Waals surface area contributed by atoms with Crippen LogP contribution in [-0.4, -0.2) is 9.55 Å². The molecule has 0 radical (unpaired) electrons. The molecule has 0 aliphatic rings. The van der Waals surface area contributed by atoms with Crippen molar-refractivity contribution >= 4 is 38.6 Å². The van der Waals surface area contributed by atoms with Gasteiger partial charge in [-0.2, -0.15) is 0 Å². The third kappa shape index (κ3) is 2.54. The summed E-state index contributed by atoms with van der Waals surface area (Å²) >= 11 is 9.37. The summed E-state index contributed by atoms with van der Waals surface area (Å²) in [4.78, 5) is 4.44. The molecule has 1 atom stereocenters. The van der Waals surface area contributed by atoms with E-state index in [0.717, 1.165) is 30.7 Å². The van der Waals surface area contributed by atoms with Gasteiger partial charge in [-0.1, -0.05) is 13.3 Å². The number of benzene rings is 1. The predicted molar refractivity (Wildman–Crippen MR) is 76.6 cm³/mol. The van der Waals surface area contributed by atoms with E-state index >= 15 is 0 Å². The first kappa shape index (κ1) is 13.8. The maximum atomic E-state index is 13.5. The molecule has 0 saturated carbocycles. The minimum atomic E-state index is -0.295. The third-order valence-electron chi connectivity index (χ3n) is 2.91. The molecule has 1 unspecified atom stereocenters. The third-order valence-corrected chi connectivity index (χ3v) is 3.71. The first-order valence-corrected chi connectivity index (χ1v) is 7.26. The number of unbranched alkanes of at least 4 members (excludes halogenated alkanes) is 1. The zero-order valence-electron chi connectivity index (χ0n) is 10.4. The zero-order chi connectivity index (χ0) is 13.3. The quantitative estimate of drug-likeness (QED) is 0.717. The smallest absolute Gasteiger partial charge is 0.139 e. The molecule has 0 spiro atoms. The highest BCUT2D eigenvalue weighted by Crippen LogP contribution is 2.28. The minimum Gasteiger partial charge on any atom is -0.327 e. The molecule has 0 aliphatic heterocycles. The second-order valence-corrected chi connectivity index (χ2v) is 5.86. The second kappa shape index (κ2) is 5.57. The van der Waals surface area contributed by atoms with Crippen LogP contribution in [0.1, 0.15) is 37.9 Å². The maximum Gasteiger partial charge on any atom is 0.139 e. The fourth-order valence-corrected chi connectivity index (χ4v) is 2.49. The summed E-state index contributed by atoms with van der Waals surface area (Å²) in [5.74, 6) is 0.508. The van der Waals surface area contributed by atoms with E-state index in [0.29, 0.717) is 9.99 Å². The second-order valence-electron chi connectivity index (χ2n) is 4.35. The van der Waals surface area contributed by atoms with E-state index in [1.807, 2.05) is 6.92 Å². The van der Waals surface area contributed by atoms with Crippen molar-refractivity contribution in [3.63, 3.8) is 0 Å². The summed E-state index contributed by atoms with van der Waals surface area (Å²) in [6.45, 7) is 4.88. The Morgan fingerprint density at radius 2 is 2.22 bits per heavy atom. The topological polar surface area (TPSA) is 17.8 Å². The van der Waals surface area contributed by atoms with Crippen LogP contribution in [0.25, 0.3) is 11.0 Å².